The quantitative estimate of drug-likeness (QED) is 0.414. The van der Waals surface area contributed by atoms with Crippen molar-refractivity contribution in [3.05, 3.63) is 53.6 Å². The van der Waals surface area contributed by atoms with Crippen LogP contribution in [0.4, 0.5) is 5.13 Å². The van der Waals surface area contributed by atoms with Crippen molar-refractivity contribution in [3.63, 3.8) is 0 Å². The highest BCUT2D eigenvalue weighted by Gasteiger charge is 2.36. The number of amides is 1. The number of oxime groups is 1. The molecule has 0 aliphatic heterocycles. The molecule has 142 valence electrons. The Balaban J connectivity index is 1.85. The maximum atomic E-state index is 12.6. The summed E-state index contributed by atoms with van der Waals surface area (Å²) < 4.78 is 24.6. The van der Waals surface area contributed by atoms with Crippen molar-refractivity contribution in [1.82, 2.24) is 4.98 Å². The van der Waals surface area contributed by atoms with E-state index in [1.165, 1.54) is 23.5 Å². The number of rotatable bonds is 8. The van der Waals surface area contributed by atoms with Gasteiger partial charge in [-0.05, 0) is 37.5 Å². The van der Waals surface area contributed by atoms with Crippen LogP contribution in [0.25, 0.3) is 0 Å². The van der Waals surface area contributed by atoms with Gasteiger partial charge in [-0.2, -0.15) is 0 Å². The first-order valence-corrected chi connectivity index (χ1v) is 10.7. The third-order valence-electron chi connectivity index (χ3n) is 3.75. The van der Waals surface area contributed by atoms with E-state index in [1.807, 2.05) is 0 Å². The molecule has 27 heavy (non-hydrogen) atoms. The van der Waals surface area contributed by atoms with Crippen LogP contribution in [-0.4, -0.2) is 36.9 Å². The smallest absolute Gasteiger partial charge is 0.280 e. The number of anilines is 1. The van der Waals surface area contributed by atoms with Crippen LogP contribution in [0.5, 0.6) is 0 Å². The molecule has 0 unspecified atom stereocenters. The van der Waals surface area contributed by atoms with Gasteiger partial charge in [0.15, 0.2) is 20.7 Å². The molecule has 1 fully saturated rings. The Morgan fingerprint density at radius 3 is 2.63 bits per heavy atom. The zero-order valence-corrected chi connectivity index (χ0v) is 16.3. The number of hydrogen-bond acceptors (Lipinski definition) is 7. The topological polar surface area (TPSA) is 97.7 Å². The van der Waals surface area contributed by atoms with Crippen molar-refractivity contribution in [1.29, 1.82) is 0 Å². The summed E-state index contributed by atoms with van der Waals surface area (Å²) in [6.07, 6.45) is 2.97. The molecule has 0 radical (unpaired) electrons. The molecule has 1 aliphatic carbocycles. The first-order valence-electron chi connectivity index (χ1n) is 8.27. The number of nitrogens with one attached hydrogen (secondary N) is 1. The van der Waals surface area contributed by atoms with Crippen LogP contribution in [0.15, 0.2) is 58.0 Å². The summed E-state index contributed by atoms with van der Waals surface area (Å²) in [5, 5.41) is 8.45. The van der Waals surface area contributed by atoms with Gasteiger partial charge in [-0.25, -0.2) is 13.4 Å². The summed E-state index contributed by atoms with van der Waals surface area (Å²) >= 11 is 1.28. The third kappa shape index (κ3) is 4.81. The van der Waals surface area contributed by atoms with E-state index in [9.17, 15) is 13.2 Å². The van der Waals surface area contributed by atoms with E-state index in [0.29, 0.717) is 23.5 Å². The SMILES string of the molecule is C=C(C)CON=C(C(=O)Nc1nccs1)c1ccc(S(=O)(=O)C2CC2)cc1. The first kappa shape index (κ1) is 19.2. The largest absolute Gasteiger partial charge is 0.391 e. The highest BCUT2D eigenvalue weighted by atomic mass is 32.2. The number of thiazole rings is 1. The van der Waals surface area contributed by atoms with Gasteiger partial charge >= 0.3 is 0 Å². The fourth-order valence-corrected chi connectivity index (χ4v) is 4.43. The Hall–Kier alpha value is -2.52. The van der Waals surface area contributed by atoms with E-state index in [-0.39, 0.29) is 22.5 Å². The van der Waals surface area contributed by atoms with Crippen LogP contribution in [0.1, 0.15) is 25.3 Å². The molecule has 7 nitrogen and oxygen atoms in total. The molecule has 2 aromatic rings. The molecule has 0 bridgehead atoms. The van der Waals surface area contributed by atoms with E-state index in [2.05, 4.69) is 22.0 Å². The second-order valence-electron chi connectivity index (χ2n) is 6.23. The van der Waals surface area contributed by atoms with Crippen molar-refractivity contribution < 1.29 is 18.0 Å². The van der Waals surface area contributed by atoms with Gasteiger partial charge in [0.05, 0.1) is 10.1 Å². The van der Waals surface area contributed by atoms with Crippen LogP contribution in [0.2, 0.25) is 0 Å². The van der Waals surface area contributed by atoms with Crippen molar-refractivity contribution in [3.8, 4) is 0 Å². The number of carbonyl (C=O) groups excluding carboxylic acids is 1. The van der Waals surface area contributed by atoms with Gasteiger partial charge < -0.3 is 4.84 Å². The van der Waals surface area contributed by atoms with Crippen LogP contribution in [0.3, 0.4) is 0 Å². The molecule has 0 saturated heterocycles. The van der Waals surface area contributed by atoms with Crippen LogP contribution in [-0.2, 0) is 19.5 Å². The number of nitrogens with zero attached hydrogens (tertiary/aromatic N) is 2. The molecule has 1 heterocycles. The molecule has 1 aliphatic rings. The van der Waals surface area contributed by atoms with Gasteiger partial charge in [0.25, 0.3) is 5.91 Å². The fourth-order valence-electron chi connectivity index (χ4n) is 2.25. The monoisotopic (exact) mass is 405 g/mol. The van der Waals surface area contributed by atoms with Crippen molar-refractivity contribution in [2.45, 2.75) is 29.9 Å². The highest BCUT2D eigenvalue weighted by molar-refractivity contribution is 7.92. The molecular weight excluding hydrogens is 386 g/mol. The normalized spacial score (nSPS) is 14.6. The standard InChI is InChI=1S/C18H19N3O4S2/c1-12(2)11-25-21-16(17(22)20-18-19-9-10-26-18)13-3-5-14(6-4-13)27(23,24)15-7-8-15/h3-6,9-10,15H,1,7-8,11H2,2H3,(H,19,20,22). The van der Waals surface area contributed by atoms with Gasteiger partial charge in [-0.15, -0.1) is 11.3 Å². The lowest BCUT2D eigenvalue weighted by Crippen LogP contribution is -2.24. The second-order valence-corrected chi connectivity index (χ2v) is 9.35. The Bertz CT molecular complexity index is 961. The molecule has 0 spiro atoms. The Labute approximate surface area is 161 Å². The summed E-state index contributed by atoms with van der Waals surface area (Å²) in [6, 6.07) is 6.10. The second kappa shape index (κ2) is 8.01. The van der Waals surface area contributed by atoms with E-state index in [0.717, 1.165) is 5.57 Å². The molecule has 3 rings (SSSR count). The van der Waals surface area contributed by atoms with Crippen molar-refractivity contribution >= 4 is 37.9 Å². The maximum absolute atomic E-state index is 12.6. The van der Waals surface area contributed by atoms with Crippen LogP contribution >= 0.6 is 11.3 Å². The maximum Gasteiger partial charge on any atom is 0.280 e. The highest BCUT2D eigenvalue weighted by Crippen LogP contribution is 2.33. The Morgan fingerprint density at radius 2 is 2.07 bits per heavy atom. The van der Waals surface area contributed by atoms with Gasteiger partial charge in [0, 0.05) is 17.1 Å². The molecule has 1 saturated carbocycles. The third-order valence-corrected chi connectivity index (χ3v) is 6.72. The van der Waals surface area contributed by atoms with Gasteiger partial charge in [0.1, 0.15) is 6.61 Å². The summed E-state index contributed by atoms with van der Waals surface area (Å²) in [5.41, 5.74) is 1.23. The van der Waals surface area contributed by atoms with Crippen LogP contribution in [0, 0.1) is 0 Å². The molecule has 0 atom stereocenters. The number of hydrogen-bond donors (Lipinski definition) is 1. The summed E-state index contributed by atoms with van der Waals surface area (Å²) in [4.78, 5) is 22.0. The van der Waals surface area contributed by atoms with Gasteiger partial charge in [0.2, 0.25) is 0 Å². The minimum absolute atomic E-state index is 0.0295. The van der Waals surface area contributed by atoms with Crippen molar-refractivity contribution in [2.24, 2.45) is 5.16 Å². The zero-order chi connectivity index (χ0) is 19.4. The Kier molecular flexibility index (Phi) is 5.71. The molecule has 9 heteroatoms. The average molecular weight is 406 g/mol. The van der Waals surface area contributed by atoms with Gasteiger partial charge in [-0.1, -0.05) is 23.9 Å². The predicted molar refractivity (Wildman–Crippen MR) is 105 cm³/mol. The summed E-state index contributed by atoms with van der Waals surface area (Å²) in [7, 11) is -3.29. The predicted octanol–water partition coefficient (Wildman–Crippen LogP) is 3.01. The molecule has 1 amide bonds. The Morgan fingerprint density at radius 1 is 1.37 bits per heavy atom. The molecule has 1 N–H and O–H groups in total. The minimum Gasteiger partial charge on any atom is -0.391 e. The molecular formula is C18H19N3O4S2. The fraction of sp³-hybridized carbons (Fsp3) is 0.278. The summed E-state index contributed by atoms with van der Waals surface area (Å²) in [6.45, 7) is 5.67. The number of carbonyl (C=O) groups is 1. The summed E-state index contributed by atoms with van der Waals surface area (Å²) in [5.74, 6) is -0.496. The van der Waals surface area contributed by atoms with Crippen molar-refractivity contribution in [2.75, 3.05) is 11.9 Å². The van der Waals surface area contributed by atoms with E-state index >= 15 is 0 Å². The number of aromatic nitrogens is 1. The lowest BCUT2D eigenvalue weighted by Gasteiger charge is -2.08. The van der Waals surface area contributed by atoms with E-state index in [1.54, 1.807) is 30.6 Å². The van der Waals surface area contributed by atoms with E-state index < -0.39 is 15.7 Å². The van der Waals surface area contributed by atoms with E-state index in [4.69, 9.17) is 4.84 Å². The lowest BCUT2D eigenvalue weighted by atomic mass is 10.1. The number of sulfone groups is 1. The van der Waals surface area contributed by atoms with Gasteiger partial charge in [-0.3, -0.25) is 10.1 Å². The average Bonchev–Trinajstić information content (AvgIpc) is 3.38. The minimum atomic E-state index is -3.29. The zero-order valence-electron chi connectivity index (χ0n) is 14.7. The molecule has 1 aromatic carbocycles. The lowest BCUT2D eigenvalue weighted by molar-refractivity contribution is -0.110. The molecule has 1 aromatic heterocycles. The number of benzene rings is 1. The van der Waals surface area contributed by atoms with Crippen LogP contribution < -0.4 is 5.32 Å². The first-order chi connectivity index (χ1) is 12.9.